The number of thiophene rings is 1. The number of benzene rings is 2. The number of hydrogen-bond donors (Lipinski definition) is 1. The quantitative estimate of drug-likeness (QED) is 0.729. The Kier molecular flexibility index (Phi) is 3.57. The molecule has 0 bridgehead atoms. The minimum Gasteiger partial charge on any atom is -0.497 e. The third-order valence-corrected chi connectivity index (χ3v) is 5.98. The zero-order valence-electron chi connectivity index (χ0n) is 12.2. The Morgan fingerprint density at radius 3 is 2.91 bits per heavy atom. The van der Waals surface area contributed by atoms with Crippen LogP contribution >= 0.6 is 22.9 Å². The first-order valence-electron chi connectivity index (χ1n) is 7.35. The Hall–Kier alpha value is -1.55. The van der Waals surface area contributed by atoms with Gasteiger partial charge in [-0.05, 0) is 35.7 Å². The number of hydrogen-bond acceptors (Lipinski definition) is 3. The maximum Gasteiger partial charge on any atom is 0.119 e. The van der Waals surface area contributed by atoms with Gasteiger partial charge in [0.25, 0.3) is 0 Å². The van der Waals surface area contributed by atoms with Crippen LogP contribution in [0.3, 0.4) is 0 Å². The summed E-state index contributed by atoms with van der Waals surface area (Å²) in [7, 11) is 1.71. The first-order chi connectivity index (χ1) is 10.8. The van der Waals surface area contributed by atoms with Gasteiger partial charge in [0.05, 0.1) is 18.2 Å². The molecule has 0 fully saturated rings. The number of halogens is 1. The van der Waals surface area contributed by atoms with Gasteiger partial charge in [0.2, 0.25) is 0 Å². The predicted octanol–water partition coefficient (Wildman–Crippen LogP) is 4.80. The van der Waals surface area contributed by atoms with Crippen molar-refractivity contribution < 1.29 is 4.74 Å². The van der Waals surface area contributed by atoms with Crippen molar-refractivity contribution in [3.05, 3.63) is 63.5 Å². The largest absolute Gasteiger partial charge is 0.497 e. The minimum absolute atomic E-state index is 0.142. The Morgan fingerprint density at radius 1 is 1.23 bits per heavy atom. The van der Waals surface area contributed by atoms with E-state index in [1.165, 1.54) is 20.7 Å². The van der Waals surface area contributed by atoms with Gasteiger partial charge in [-0.3, -0.25) is 0 Å². The van der Waals surface area contributed by atoms with E-state index in [0.717, 1.165) is 29.1 Å². The van der Waals surface area contributed by atoms with E-state index in [0.29, 0.717) is 0 Å². The average molecular weight is 330 g/mol. The molecule has 2 nitrogen and oxygen atoms in total. The highest BCUT2D eigenvalue weighted by Gasteiger charge is 2.26. The van der Waals surface area contributed by atoms with Gasteiger partial charge in [0.15, 0.2) is 0 Å². The van der Waals surface area contributed by atoms with Crippen molar-refractivity contribution in [1.29, 1.82) is 0 Å². The van der Waals surface area contributed by atoms with Crippen LogP contribution in [0.2, 0.25) is 5.02 Å². The lowest BCUT2D eigenvalue weighted by Gasteiger charge is -2.27. The van der Waals surface area contributed by atoms with Gasteiger partial charge in [-0.15, -0.1) is 11.3 Å². The first-order valence-corrected chi connectivity index (χ1v) is 8.54. The molecule has 1 aromatic heterocycles. The number of fused-ring (bicyclic) bond motifs is 2. The van der Waals surface area contributed by atoms with Gasteiger partial charge in [-0.1, -0.05) is 35.9 Å². The van der Waals surface area contributed by atoms with Crippen molar-refractivity contribution in [1.82, 2.24) is 5.32 Å². The lowest BCUT2D eigenvalue weighted by molar-refractivity contribution is 0.412. The second-order valence-electron chi connectivity index (χ2n) is 5.48. The lowest BCUT2D eigenvalue weighted by Crippen LogP contribution is -2.30. The normalized spacial score (nSPS) is 17.5. The summed E-state index contributed by atoms with van der Waals surface area (Å²) in [4.78, 5) is 1.19. The third-order valence-electron chi connectivity index (χ3n) is 4.23. The molecule has 4 rings (SSSR count). The Morgan fingerprint density at radius 2 is 2.09 bits per heavy atom. The highest BCUT2D eigenvalue weighted by Crippen LogP contribution is 2.43. The summed E-state index contributed by atoms with van der Waals surface area (Å²) < 4.78 is 6.63. The Labute approximate surface area is 138 Å². The van der Waals surface area contributed by atoms with Crippen molar-refractivity contribution >= 4 is 33.0 Å². The summed E-state index contributed by atoms with van der Waals surface area (Å²) in [5, 5.41) is 5.62. The van der Waals surface area contributed by atoms with E-state index in [-0.39, 0.29) is 6.04 Å². The summed E-state index contributed by atoms with van der Waals surface area (Å²) in [6.07, 6.45) is 1.04. The fraction of sp³-hybridized carbons (Fsp3) is 0.222. The molecule has 0 amide bonds. The van der Waals surface area contributed by atoms with Crippen LogP contribution < -0.4 is 10.1 Å². The van der Waals surface area contributed by atoms with Crippen molar-refractivity contribution in [2.24, 2.45) is 0 Å². The van der Waals surface area contributed by atoms with Crippen molar-refractivity contribution in [2.45, 2.75) is 12.5 Å². The summed E-state index contributed by atoms with van der Waals surface area (Å²) in [5.74, 6) is 0.893. The molecule has 0 aliphatic carbocycles. The van der Waals surface area contributed by atoms with Gasteiger partial charge in [-0.25, -0.2) is 0 Å². The van der Waals surface area contributed by atoms with Crippen LogP contribution in [-0.2, 0) is 6.42 Å². The number of ether oxygens (including phenoxy) is 1. The SMILES string of the molecule is COc1ccc2c(c1)C(c1sc3ccccc3c1Cl)NCC2. The predicted molar refractivity (Wildman–Crippen MR) is 93.4 cm³/mol. The second-order valence-corrected chi connectivity index (χ2v) is 6.94. The van der Waals surface area contributed by atoms with Gasteiger partial charge in [0.1, 0.15) is 5.75 Å². The fourth-order valence-electron chi connectivity index (χ4n) is 3.11. The molecule has 1 N–H and O–H groups in total. The Bertz CT molecular complexity index is 842. The number of methoxy groups -OCH3 is 1. The summed E-state index contributed by atoms with van der Waals surface area (Å²) >= 11 is 8.44. The molecule has 3 aromatic rings. The Balaban J connectivity index is 1.88. The molecule has 1 atom stereocenters. The summed E-state index contributed by atoms with van der Waals surface area (Å²) in [5.41, 5.74) is 2.65. The maximum absolute atomic E-state index is 6.67. The fourth-order valence-corrected chi connectivity index (χ4v) is 4.75. The zero-order valence-corrected chi connectivity index (χ0v) is 13.8. The lowest BCUT2D eigenvalue weighted by atomic mass is 9.93. The molecule has 2 heterocycles. The smallest absolute Gasteiger partial charge is 0.119 e. The molecule has 0 radical (unpaired) electrons. The molecule has 4 heteroatoms. The van der Waals surface area contributed by atoms with Crippen LogP contribution in [0.1, 0.15) is 22.0 Å². The van der Waals surface area contributed by atoms with Crippen molar-refractivity contribution in [3.8, 4) is 5.75 Å². The van der Waals surface area contributed by atoms with Gasteiger partial charge in [0, 0.05) is 21.5 Å². The first kappa shape index (κ1) is 14.1. The average Bonchev–Trinajstić information content (AvgIpc) is 2.91. The van der Waals surface area contributed by atoms with E-state index in [1.54, 1.807) is 18.4 Å². The van der Waals surface area contributed by atoms with E-state index >= 15 is 0 Å². The summed E-state index contributed by atoms with van der Waals surface area (Å²) in [6, 6.07) is 14.8. The van der Waals surface area contributed by atoms with Gasteiger partial charge < -0.3 is 10.1 Å². The molecule has 112 valence electrons. The molecular weight excluding hydrogens is 314 g/mol. The van der Waals surface area contributed by atoms with Crippen LogP contribution in [0.5, 0.6) is 5.75 Å². The highest BCUT2D eigenvalue weighted by atomic mass is 35.5. The minimum atomic E-state index is 0.142. The van der Waals surface area contributed by atoms with Crippen LogP contribution in [-0.4, -0.2) is 13.7 Å². The van der Waals surface area contributed by atoms with Crippen molar-refractivity contribution in [2.75, 3.05) is 13.7 Å². The number of nitrogens with one attached hydrogen (secondary N) is 1. The molecule has 0 saturated carbocycles. The molecule has 0 saturated heterocycles. The van der Waals surface area contributed by atoms with E-state index in [4.69, 9.17) is 16.3 Å². The van der Waals surface area contributed by atoms with E-state index in [2.05, 4.69) is 35.6 Å². The van der Waals surface area contributed by atoms with Crippen LogP contribution in [0.25, 0.3) is 10.1 Å². The summed E-state index contributed by atoms with van der Waals surface area (Å²) in [6.45, 7) is 0.967. The molecule has 22 heavy (non-hydrogen) atoms. The molecule has 2 aromatic carbocycles. The monoisotopic (exact) mass is 329 g/mol. The second kappa shape index (κ2) is 5.58. The van der Waals surface area contributed by atoms with Gasteiger partial charge in [-0.2, -0.15) is 0 Å². The van der Waals surface area contributed by atoms with E-state index in [1.807, 2.05) is 12.1 Å². The topological polar surface area (TPSA) is 21.3 Å². The third kappa shape index (κ3) is 2.21. The number of rotatable bonds is 2. The van der Waals surface area contributed by atoms with Crippen LogP contribution in [0.15, 0.2) is 42.5 Å². The molecular formula is C18H16ClNOS. The molecule has 1 unspecified atom stereocenters. The van der Waals surface area contributed by atoms with Crippen molar-refractivity contribution in [3.63, 3.8) is 0 Å². The van der Waals surface area contributed by atoms with E-state index in [9.17, 15) is 0 Å². The van der Waals surface area contributed by atoms with Crippen LogP contribution in [0.4, 0.5) is 0 Å². The molecule has 1 aliphatic rings. The molecule has 0 spiro atoms. The standard InChI is InChI=1S/C18H16ClNOS/c1-21-12-7-6-11-8-9-20-17(14(11)10-12)18-16(19)13-4-2-3-5-15(13)22-18/h2-7,10,17,20H,8-9H2,1H3. The van der Waals surface area contributed by atoms with Gasteiger partial charge >= 0.3 is 0 Å². The molecule has 1 aliphatic heterocycles. The highest BCUT2D eigenvalue weighted by molar-refractivity contribution is 7.19. The zero-order chi connectivity index (χ0) is 15.1. The van der Waals surface area contributed by atoms with E-state index < -0.39 is 0 Å². The van der Waals surface area contributed by atoms with Crippen LogP contribution in [0, 0.1) is 0 Å². The maximum atomic E-state index is 6.67.